The van der Waals surface area contributed by atoms with Crippen LogP contribution in [0.1, 0.15) is 87.0 Å². The molecule has 0 saturated carbocycles. The molecule has 11 atom stereocenters. The lowest BCUT2D eigenvalue weighted by Gasteiger charge is -2.34. The van der Waals surface area contributed by atoms with Gasteiger partial charge in [0.2, 0.25) is 0 Å². The number of aliphatic hydroxyl groups is 4. The molecule has 0 spiro atoms. The monoisotopic (exact) mass is 664 g/mol. The van der Waals surface area contributed by atoms with Crippen LogP contribution in [0.5, 0.6) is 0 Å². The molecule has 268 valence electrons. The molecule has 1 amide bonds. The number of carbonyl (C=O) groups excluding carboxylic acids is 2. The van der Waals surface area contributed by atoms with Gasteiger partial charge in [0.05, 0.1) is 36.4 Å². The van der Waals surface area contributed by atoms with Crippen molar-refractivity contribution in [1.82, 2.24) is 9.80 Å². The average molecular weight is 665 g/mol. The zero-order valence-electron chi connectivity index (χ0n) is 29.7. The van der Waals surface area contributed by atoms with Crippen molar-refractivity contribution in [3.05, 3.63) is 36.0 Å². The molecule has 11 nitrogen and oxygen atoms in total. The Kier molecular flexibility index (Phi) is 14.1. The predicted octanol–water partition coefficient (Wildman–Crippen LogP) is 3.74. The highest BCUT2D eigenvalue weighted by atomic mass is 16.6. The minimum Gasteiger partial charge on any atom is -0.457 e. The summed E-state index contributed by atoms with van der Waals surface area (Å²) in [5.74, 6) is -0.952. The Morgan fingerprint density at radius 3 is 2.64 bits per heavy atom. The number of hydrogen-bond acceptors (Lipinski definition) is 10. The van der Waals surface area contributed by atoms with Gasteiger partial charge in [0.1, 0.15) is 11.7 Å². The average Bonchev–Trinajstić information content (AvgIpc) is 3.58. The quantitative estimate of drug-likeness (QED) is 0.111. The maximum Gasteiger partial charge on any atom is 0.410 e. The molecular formula is C36H60N2O9. The van der Waals surface area contributed by atoms with Gasteiger partial charge in [0.15, 0.2) is 6.10 Å². The third-order valence-corrected chi connectivity index (χ3v) is 10.1. The van der Waals surface area contributed by atoms with Gasteiger partial charge in [0, 0.05) is 44.4 Å². The van der Waals surface area contributed by atoms with Gasteiger partial charge in [-0.2, -0.15) is 0 Å². The van der Waals surface area contributed by atoms with Crippen molar-refractivity contribution in [3.8, 4) is 0 Å². The smallest absolute Gasteiger partial charge is 0.410 e. The van der Waals surface area contributed by atoms with E-state index in [4.69, 9.17) is 14.2 Å². The summed E-state index contributed by atoms with van der Waals surface area (Å²) < 4.78 is 17.5. The first-order chi connectivity index (χ1) is 22.0. The molecule has 3 aliphatic rings. The second-order valence-corrected chi connectivity index (χ2v) is 14.5. The van der Waals surface area contributed by atoms with E-state index in [-0.39, 0.29) is 49.3 Å². The molecule has 2 saturated heterocycles. The van der Waals surface area contributed by atoms with Gasteiger partial charge in [-0.05, 0) is 64.6 Å². The molecule has 3 heterocycles. The van der Waals surface area contributed by atoms with Gasteiger partial charge >= 0.3 is 12.1 Å². The standard InChI is InChI=1S/C36H60N2O9/c1-9-28(40)25(5)33-29(45-33)21-35(6,43)17-11-12-23(3)32-24(4)13-14-30(36(7,44)18-15-27(39)20-31(41)47-32)46-34(42)37(8)26-16-19-38(10-2)22-26/h11-14,17,24-30,32-33,39-40,43-44H,9-10,15-16,18-22H2,1-8H3/t24?,25?,26-,27?,28?,29?,30?,32?,33?,35?,36?/m0/s1. The molecule has 10 unspecified atom stereocenters. The van der Waals surface area contributed by atoms with E-state index in [9.17, 15) is 30.0 Å². The van der Waals surface area contributed by atoms with E-state index in [1.165, 1.54) is 0 Å². The number of epoxide rings is 1. The second kappa shape index (κ2) is 16.9. The number of carbonyl (C=O) groups is 2. The van der Waals surface area contributed by atoms with Gasteiger partial charge < -0.3 is 44.4 Å². The lowest BCUT2D eigenvalue weighted by atomic mass is 9.88. The minimum absolute atomic E-state index is 0.0115. The van der Waals surface area contributed by atoms with Crippen LogP contribution < -0.4 is 0 Å². The molecule has 0 radical (unpaired) electrons. The highest BCUT2D eigenvalue weighted by Crippen LogP contribution is 2.37. The van der Waals surface area contributed by atoms with E-state index in [1.807, 2.05) is 27.7 Å². The maximum atomic E-state index is 13.2. The van der Waals surface area contributed by atoms with E-state index in [0.717, 1.165) is 26.1 Å². The third kappa shape index (κ3) is 11.4. The largest absolute Gasteiger partial charge is 0.457 e. The SMILES string of the molecule is CCC(O)C(C)C1OC1CC(C)(O)C=CC=C(C)C1OC(=O)CC(O)CCC(C)(O)C(OC(=O)N(C)[C@H]2CCN(CC)C2)C=CC1C. The van der Waals surface area contributed by atoms with E-state index in [0.29, 0.717) is 18.4 Å². The maximum absolute atomic E-state index is 13.2. The molecule has 0 aromatic rings. The van der Waals surface area contributed by atoms with Crippen LogP contribution in [0, 0.1) is 11.8 Å². The van der Waals surface area contributed by atoms with Crippen LogP contribution in [0.25, 0.3) is 0 Å². The lowest BCUT2D eigenvalue weighted by molar-refractivity contribution is -0.151. The van der Waals surface area contributed by atoms with Crippen molar-refractivity contribution in [2.45, 2.75) is 141 Å². The predicted molar refractivity (Wildman–Crippen MR) is 179 cm³/mol. The Morgan fingerprint density at radius 1 is 1.30 bits per heavy atom. The highest BCUT2D eigenvalue weighted by molar-refractivity contribution is 5.70. The van der Waals surface area contributed by atoms with Crippen molar-refractivity contribution in [3.63, 3.8) is 0 Å². The second-order valence-electron chi connectivity index (χ2n) is 14.5. The molecule has 47 heavy (non-hydrogen) atoms. The fraction of sp³-hybridized carbons (Fsp3) is 0.778. The lowest BCUT2D eigenvalue weighted by Crippen LogP contribution is -2.46. The van der Waals surface area contributed by atoms with Crippen molar-refractivity contribution >= 4 is 12.1 Å². The molecule has 0 bridgehead atoms. The van der Waals surface area contributed by atoms with E-state index in [1.54, 1.807) is 56.2 Å². The molecule has 11 heteroatoms. The van der Waals surface area contributed by atoms with Crippen molar-refractivity contribution in [2.24, 2.45) is 11.8 Å². The third-order valence-electron chi connectivity index (χ3n) is 10.1. The number of rotatable bonds is 11. The topological polar surface area (TPSA) is 153 Å². The van der Waals surface area contributed by atoms with E-state index < -0.39 is 47.7 Å². The van der Waals surface area contributed by atoms with Crippen LogP contribution in [0.15, 0.2) is 36.0 Å². The fourth-order valence-electron chi connectivity index (χ4n) is 6.56. The van der Waals surface area contributed by atoms with Gasteiger partial charge in [-0.15, -0.1) is 0 Å². The molecule has 0 aliphatic carbocycles. The summed E-state index contributed by atoms with van der Waals surface area (Å²) in [7, 11) is 1.72. The van der Waals surface area contributed by atoms with Gasteiger partial charge in [-0.1, -0.05) is 52.0 Å². The summed E-state index contributed by atoms with van der Waals surface area (Å²) in [5, 5.41) is 43.2. The summed E-state index contributed by atoms with van der Waals surface area (Å²) in [6.45, 7) is 15.5. The Labute approximate surface area is 281 Å². The zero-order valence-corrected chi connectivity index (χ0v) is 29.7. The fourth-order valence-corrected chi connectivity index (χ4v) is 6.56. The Balaban J connectivity index is 1.75. The number of likely N-dealkylation sites (tertiary alicyclic amines) is 1. The number of ether oxygens (including phenoxy) is 3. The first-order valence-corrected chi connectivity index (χ1v) is 17.3. The van der Waals surface area contributed by atoms with Crippen LogP contribution in [-0.2, 0) is 19.0 Å². The van der Waals surface area contributed by atoms with Crippen LogP contribution in [0.2, 0.25) is 0 Å². The van der Waals surface area contributed by atoms with Crippen LogP contribution in [0.4, 0.5) is 4.79 Å². The molecular weight excluding hydrogens is 604 g/mol. The number of amides is 1. The number of esters is 1. The van der Waals surface area contributed by atoms with Crippen LogP contribution in [-0.4, -0.2) is 123 Å². The Hall–Kier alpha value is -2.28. The molecule has 4 N–H and O–H groups in total. The van der Waals surface area contributed by atoms with Gasteiger partial charge in [-0.25, -0.2) is 4.79 Å². The number of nitrogens with zero attached hydrogens (tertiary/aromatic N) is 2. The van der Waals surface area contributed by atoms with Crippen molar-refractivity contribution in [1.29, 1.82) is 0 Å². The van der Waals surface area contributed by atoms with Gasteiger partial charge in [-0.3, -0.25) is 4.79 Å². The summed E-state index contributed by atoms with van der Waals surface area (Å²) in [6, 6.07) is 0.0181. The molecule has 2 fully saturated rings. The molecule has 3 rings (SSSR count). The summed E-state index contributed by atoms with van der Waals surface area (Å²) in [6.07, 6.45) is 6.50. The summed E-state index contributed by atoms with van der Waals surface area (Å²) in [4.78, 5) is 30.0. The molecule has 0 aromatic heterocycles. The van der Waals surface area contributed by atoms with Crippen LogP contribution >= 0.6 is 0 Å². The van der Waals surface area contributed by atoms with Crippen LogP contribution in [0.3, 0.4) is 0 Å². The summed E-state index contributed by atoms with van der Waals surface area (Å²) in [5.41, 5.74) is -1.95. The number of aliphatic hydroxyl groups excluding tert-OH is 2. The molecule has 3 aliphatic heterocycles. The zero-order chi connectivity index (χ0) is 35.1. The van der Waals surface area contributed by atoms with Gasteiger partial charge in [0.25, 0.3) is 0 Å². The molecule has 0 aromatic carbocycles. The van der Waals surface area contributed by atoms with E-state index in [2.05, 4.69) is 11.8 Å². The number of cyclic esters (lactones) is 1. The highest BCUT2D eigenvalue weighted by Gasteiger charge is 2.47. The van der Waals surface area contributed by atoms with Crippen molar-refractivity contribution in [2.75, 3.05) is 26.7 Å². The number of likely N-dealkylation sites (N-methyl/N-ethyl adjacent to an activating group) is 2. The minimum atomic E-state index is -1.49. The number of hydrogen-bond donors (Lipinski definition) is 4. The first kappa shape index (κ1) is 39.2. The summed E-state index contributed by atoms with van der Waals surface area (Å²) >= 11 is 0. The number of allylic oxidation sites excluding steroid dienone is 2. The Morgan fingerprint density at radius 2 is 2.00 bits per heavy atom. The Bertz CT molecular complexity index is 1140. The van der Waals surface area contributed by atoms with Crippen molar-refractivity contribution < 1.29 is 44.2 Å². The first-order valence-electron chi connectivity index (χ1n) is 17.3. The normalized spacial score (nSPS) is 35.4. The van der Waals surface area contributed by atoms with E-state index >= 15 is 0 Å².